The summed E-state index contributed by atoms with van der Waals surface area (Å²) < 4.78 is 9.88. The van der Waals surface area contributed by atoms with Gasteiger partial charge in [-0.15, -0.1) is 0 Å². The molecule has 1 saturated heterocycles. The number of carbonyl (C=O) groups excluding carboxylic acids is 14. The van der Waals surface area contributed by atoms with E-state index in [1.807, 2.05) is 25.8 Å². The van der Waals surface area contributed by atoms with Crippen LogP contribution < -0.4 is 111 Å². The molecule has 1 aliphatic heterocycles. The maximum Gasteiger partial charge on any atom is 0.407 e. The van der Waals surface area contributed by atoms with Gasteiger partial charge in [0, 0.05) is 115 Å². The molecule has 1 aromatic rings. The smallest absolute Gasteiger partial charge is 0.407 e. The van der Waals surface area contributed by atoms with Gasteiger partial charge in [-0.2, -0.15) is 11.8 Å². The Morgan fingerprint density at radius 1 is 0.488 bits per heavy atom. The molecule has 129 heavy (non-hydrogen) atoms. The predicted molar refractivity (Wildman–Crippen MR) is 495 cm³/mol. The number of methoxy groups -OCH3 is 1. The Hall–Kier alpha value is -11.8. The molecule has 0 spiro atoms. The number of amides is 8. The molecule has 0 aromatic heterocycles. The molecule has 0 unspecified atom stereocenters. The highest BCUT2D eigenvalue weighted by atomic mass is 32.2. The van der Waals surface area contributed by atoms with Crippen molar-refractivity contribution in [2.24, 2.45) is 134 Å². The summed E-state index contributed by atoms with van der Waals surface area (Å²) in [5.74, 6) is -13.8. The van der Waals surface area contributed by atoms with Gasteiger partial charge in [-0.1, -0.05) is 50.2 Å². The van der Waals surface area contributed by atoms with Crippen LogP contribution in [0.2, 0.25) is 0 Å². The fourth-order valence-electron chi connectivity index (χ4n) is 13.8. The summed E-state index contributed by atoms with van der Waals surface area (Å²) in [6, 6.07) is -0.980. The Morgan fingerprint density at radius 2 is 0.922 bits per heavy atom. The lowest BCUT2D eigenvalue weighted by atomic mass is 9.88. The van der Waals surface area contributed by atoms with E-state index in [1.54, 1.807) is 44.4 Å². The molecule has 0 radical (unpaired) electrons. The van der Waals surface area contributed by atoms with Crippen LogP contribution in [-0.2, 0) is 83.1 Å². The van der Waals surface area contributed by atoms with Crippen molar-refractivity contribution in [2.75, 3.05) is 105 Å². The zero-order chi connectivity index (χ0) is 96.5. The third-order valence-corrected chi connectivity index (χ3v) is 21.5. The maximum absolute atomic E-state index is 15.2. The second-order valence-corrected chi connectivity index (χ2v) is 32.9. The number of carbonyl (C=O) groups is 14. The van der Waals surface area contributed by atoms with Crippen LogP contribution >= 0.6 is 11.8 Å². The van der Waals surface area contributed by atoms with Crippen LogP contribution in [0.3, 0.4) is 0 Å². The molecule has 32 N–H and O–H groups in total. The Bertz CT molecular complexity index is 3970. The minimum atomic E-state index is -1.43. The molecular formula is C83H144N28O17S. The average Bonchev–Trinajstić information content (AvgIpc) is 1.81. The first-order valence-corrected chi connectivity index (χ1v) is 45.0. The molecule has 724 valence electrons. The van der Waals surface area contributed by atoms with Crippen molar-refractivity contribution < 1.29 is 81.4 Å². The molecule has 0 saturated carbocycles. The molecule has 11 atom stereocenters. The van der Waals surface area contributed by atoms with Crippen molar-refractivity contribution in [1.82, 2.24) is 47.4 Å². The fourth-order valence-corrected chi connectivity index (χ4v) is 14.5. The van der Waals surface area contributed by atoms with E-state index in [0.717, 1.165) is 13.0 Å². The number of likely N-dealkylation sites (tertiary alicyclic amines) is 1. The number of benzene rings is 1. The molecule has 46 heteroatoms. The number of nitrogens with one attached hydrogen (secondary N) is 8. The topological polar surface area (TPSA) is 765 Å². The Morgan fingerprint density at radius 3 is 1.33 bits per heavy atom. The number of hydrogen-bond acceptors (Lipinski definition) is 26. The number of Topliss-reactive ketones (excluding diaryl/α,β-unsaturated/α-hetero) is 6. The molecule has 45 nitrogen and oxygen atoms in total. The highest BCUT2D eigenvalue weighted by molar-refractivity contribution is 7.98. The summed E-state index contributed by atoms with van der Waals surface area (Å²) in [4.78, 5) is 229. The number of likely N-dealkylation sites (N-methyl/N-ethyl adjacent to an activating group) is 1. The van der Waals surface area contributed by atoms with E-state index in [4.69, 9.17) is 83.1 Å². The van der Waals surface area contributed by atoms with Crippen LogP contribution in [0.5, 0.6) is 0 Å². The number of nitrogens with zero attached hydrogens (tertiary/aromatic N) is 8. The standard InChI is InChI=1S/C83H144N28O17S/c1-9-65(113)59(20-13-33-99-80(90)91)106-71(119)54(17-10-30-96-77(84)85)44-67(115)60(21-14-34-100-81(92)93)107-72(120)55(18-11-31-97-78(86)87)45-68(116)61(22-15-35-101-82(94)95)108-73(121)56(19-12-32-98-79(88)89)46-69(117)62(42-52-24-26-53(27-25-52)50(4)110-128-38-36-102-83(125)127-40-39-126-7)105-70(118)29-28-66(114)51(5)104-74(122)57(48-129-8)43-58(112)47-103-75(123)63(41-49(2)3)109-76(124)64-23-16-37-111(64)6/h24-27,49,51,54-57,59-64H,9-23,28-48H2,1-8H3,(H,102,125)(H,103,123)(H,104,122)(H,105,118)(H,106,119)(H,107,120)(H,108,121)(H,109,124)(H4,84,85,96)(H4,86,87,97)(H4,88,89,98)(H4,90,91,99)(H4,92,93,100)(H4,94,95,101)/b110-50+/t51-,54-,55-,56-,57-,59+,60+,61+,62-,63-,64-/m0/s1. The number of rotatable bonds is 69. The van der Waals surface area contributed by atoms with Crippen molar-refractivity contribution in [1.29, 1.82) is 0 Å². The number of aliphatic imine (C=N–C) groups is 6. The number of nitrogens with two attached hydrogens (primary N) is 12. The van der Waals surface area contributed by atoms with Crippen LogP contribution in [0.4, 0.5) is 4.79 Å². The second-order valence-electron chi connectivity index (χ2n) is 32.0. The Labute approximate surface area is 759 Å². The van der Waals surface area contributed by atoms with Crippen LogP contribution in [0.1, 0.15) is 187 Å². The van der Waals surface area contributed by atoms with E-state index in [9.17, 15) is 47.9 Å². The first kappa shape index (κ1) is 113. The van der Waals surface area contributed by atoms with E-state index >= 15 is 19.2 Å². The number of hydrogen-bond donors (Lipinski definition) is 20. The molecule has 1 aliphatic rings. The van der Waals surface area contributed by atoms with Gasteiger partial charge in [0.25, 0.3) is 0 Å². The summed E-state index contributed by atoms with van der Waals surface area (Å²) >= 11 is 1.27. The molecule has 8 amide bonds. The summed E-state index contributed by atoms with van der Waals surface area (Å²) in [5.41, 5.74) is 69.3. The second kappa shape index (κ2) is 64.0. The molecule has 1 aromatic carbocycles. The van der Waals surface area contributed by atoms with E-state index in [1.165, 1.54) is 25.8 Å². The first-order chi connectivity index (χ1) is 61.2. The number of oxime groups is 1. The number of alkyl carbamates (subject to hydrolysis) is 1. The van der Waals surface area contributed by atoms with Gasteiger partial charge >= 0.3 is 6.09 Å². The third-order valence-electron chi connectivity index (χ3n) is 20.8. The van der Waals surface area contributed by atoms with Gasteiger partial charge in [0.05, 0.1) is 67.6 Å². The third kappa shape index (κ3) is 49.9. The molecule has 1 fully saturated rings. The van der Waals surface area contributed by atoms with E-state index in [2.05, 4.69) is 77.6 Å². The SMILES string of the molecule is CCC(=O)[C@@H](CCCN=C(N)N)NC(=O)[C@@H](CCCN=C(N)N)CC(=O)[C@@H](CCCN=C(N)N)NC(=O)[C@@H](CCCN=C(N)N)CC(=O)[C@@H](CCCN=C(N)N)NC(=O)[C@@H](CCCN=C(N)N)CC(=O)[C@H](Cc1ccc(/C(C)=N/OCCNC(=O)OCCOC)cc1)NC(=O)CCC(=O)[C@H](C)NC(=O)[C@H](CSC)CC(=O)CNC(=O)[C@H](CC(C)C)NC(=O)[C@@H]1CCCN1C. The van der Waals surface area contributed by atoms with Gasteiger partial charge in [0.1, 0.15) is 19.3 Å². The first-order valence-electron chi connectivity index (χ1n) is 43.6. The van der Waals surface area contributed by atoms with Gasteiger partial charge in [0.2, 0.25) is 41.4 Å². The molecule has 1 heterocycles. The Balaban J connectivity index is 2.73. The minimum absolute atomic E-state index is 0.0000850. The lowest BCUT2D eigenvalue weighted by molar-refractivity contribution is -0.136. The monoisotopic (exact) mass is 1840 g/mol. The highest BCUT2D eigenvalue weighted by Crippen LogP contribution is 2.24. The zero-order valence-corrected chi connectivity index (χ0v) is 76.9. The Kier molecular flexibility index (Phi) is 56.2. The lowest BCUT2D eigenvalue weighted by Crippen LogP contribution is -2.52. The van der Waals surface area contributed by atoms with Crippen molar-refractivity contribution in [3.05, 3.63) is 35.4 Å². The number of guanidine groups is 6. The van der Waals surface area contributed by atoms with Gasteiger partial charge < -0.3 is 126 Å². The molecule has 0 bridgehead atoms. The van der Waals surface area contributed by atoms with Gasteiger partial charge in [-0.05, 0) is 153 Å². The van der Waals surface area contributed by atoms with Crippen LogP contribution in [0.25, 0.3) is 0 Å². The summed E-state index contributed by atoms with van der Waals surface area (Å²) in [6.45, 7) is 9.23. The normalized spacial score (nSPS) is 14.8. The average molecular weight is 1840 g/mol. The highest BCUT2D eigenvalue weighted by Gasteiger charge is 2.37. The summed E-state index contributed by atoms with van der Waals surface area (Å²) in [5, 5.41) is 26.0. The summed E-state index contributed by atoms with van der Waals surface area (Å²) in [7, 11) is 3.30. The van der Waals surface area contributed by atoms with Crippen LogP contribution in [-0.4, -0.2) is 276 Å². The number of ether oxygens (including phenoxy) is 2. The lowest BCUT2D eigenvalue weighted by Gasteiger charge is -2.26. The number of ketones is 6. The van der Waals surface area contributed by atoms with E-state index in [0.29, 0.717) is 36.1 Å². The van der Waals surface area contributed by atoms with E-state index in [-0.39, 0.29) is 221 Å². The maximum atomic E-state index is 15.2. The summed E-state index contributed by atoms with van der Waals surface area (Å²) in [6.07, 6.45) is 0.430. The van der Waals surface area contributed by atoms with Gasteiger partial charge in [-0.3, -0.25) is 97.2 Å². The zero-order valence-electron chi connectivity index (χ0n) is 76.0. The van der Waals surface area contributed by atoms with Crippen LogP contribution in [0.15, 0.2) is 59.4 Å². The van der Waals surface area contributed by atoms with Crippen molar-refractivity contribution in [3.8, 4) is 0 Å². The molecular weight excluding hydrogens is 1690 g/mol. The predicted octanol–water partition coefficient (Wildman–Crippen LogP) is -3.16. The quantitative estimate of drug-likeness (QED) is 0.0132. The number of thioether (sulfide) groups is 1. The van der Waals surface area contributed by atoms with E-state index < -0.39 is 169 Å². The van der Waals surface area contributed by atoms with Gasteiger partial charge in [-0.25, -0.2) is 4.79 Å². The van der Waals surface area contributed by atoms with Crippen molar-refractivity contribution in [2.45, 2.75) is 225 Å². The minimum Gasteiger partial charge on any atom is -0.447 e. The van der Waals surface area contributed by atoms with Crippen molar-refractivity contribution in [3.63, 3.8) is 0 Å². The van der Waals surface area contributed by atoms with Crippen molar-refractivity contribution >= 4 is 135 Å². The largest absolute Gasteiger partial charge is 0.447 e. The molecule has 2 rings (SSSR count). The van der Waals surface area contributed by atoms with Gasteiger partial charge in [0.15, 0.2) is 70.5 Å². The van der Waals surface area contributed by atoms with Crippen LogP contribution in [0, 0.1) is 29.6 Å². The molecule has 0 aliphatic carbocycles. The fraction of sp³-hybridized carbons (Fsp3) is 0.675.